The van der Waals surface area contributed by atoms with Crippen molar-refractivity contribution in [2.75, 3.05) is 12.4 Å². The van der Waals surface area contributed by atoms with Crippen molar-refractivity contribution in [3.8, 4) is 0 Å². The summed E-state index contributed by atoms with van der Waals surface area (Å²) in [7, 11) is 1.75. The van der Waals surface area contributed by atoms with Crippen LogP contribution in [0.5, 0.6) is 0 Å². The van der Waals surface area contributed by atoms with Crippen LogP contribution in [0.15, 0.2) is 67.0 Å². The number of hydrogen-bond acceptors (Lipinski definition) is 3. The molecule has 1 aliphatic heterocycles. The number of likely N-dealkylation sites (tertiary alicyclic amines) is 1. The fraction of sp³-hybridized carbons (Fsp3) is 0.240. The fourth-order valence-corrected chi connectivity index (χ4v) is 4.82. The van der Waals surface area contributed by atoms with Crippen LogP contribution in [0.25, 0.3) is 21.8 Å². The average molecular weight is 412 g/mol. The van der Waals surface area contributed by atoms with Crippen LogP contribution < -0.4 is 5.32 Å². The van der Waals surface area contributed by atoms with Gasteiger partial charge in [0.2, 0.25) is 11.8 Å². The SMILES string of the molecule is CCn1c2ccccc2c2cc(NC(=O)C3CC(=O)N(C)C3c3cccnc3)ccc21. The van der Waals surface area contributed by atoms with Gasteiger partial charge in [-0.25, -0.2) is 0 Å². The molecule has 1 fully saturated rings. The van der Waals surface area contributed by atoms with Crippen molar-refractivity contribution in [2.24, 2.45) is 5.92 Å². The molecule has 6 heteroatoms. The summed E-state index contributed by atoms with van der Waals surface area (Å²) in [4.78, 5) is 31.5. The molecule has 2 amide bonds. The van der Waals surface area contributed by atoms with Crippen LogP contribution in [0.3, 0.4) is 0 Å². The molecule has 0 bridgehead atoms. The predicted molar refractivity (Wildman–Crippen MR) is 122 cm³/mol. The van der Waals surface area contributed by atoms with E-state index in [1.807, 2.05) is 36.4 Å². The van der Waals surface area contributed by atoms with E-state index in [1.165, 1.54) is 10.9 Å². The van der Waals surface area contributed by atoms with Crippen LogP contribution in [0.4, 0.5) is 5.69 Å². The predicted octanol–water partition coefficient (Wildman–Crippen LogP) is 4.37. The molecule has 6 nitrogen and oxygen atoms in total. The molecule has 1 saturated heterocycles. The number of pyridine rings is 1. The molecule has 2 aromatic carbocycles. The number of amides is 2. The number of benzene rings is 2. The lowest BCUT2D eigenvalue weighted by Crippen LogP contribution is -2.30. The molecule has 2 atom stereocenters. The third kappa shape index (κ3) is 3.15. The molecule has 5 rings (SSSR count). The third-order valence-corrected chi connectivity index (χ3v) is 6.31. The Kier molecular flexibility index (Phi) is 4.70. The molecule has 2 unspecified atom stereocenters. The Labute approximate surface area is 180 Å². The Morgan fingerprint density at radius 2 is 1.90 bits per heavy atom. The number of fused-ring (bicyclic) bond motifs is 3. The minimum atomic E-state index is -0.464. The summed E-state index contributed by atoms with van der Waals surface area (Å²) in [5.41, 5.74) is 3.94. The highest BCUT2D eigenvalue weighted by Gasteiger charge is 2.42. The normalized spacial score (nSPS) is 18.8. The van der Waals surface area contributed by atoms with Crippen LogP contribution in [-0.4, -0.2) is 33.3 Å². The molecule has 2 aromatic heterocycles. The standard InChI is InChI=1S/C25H24N4O2/c1-3-29-21-9-5-4-8-18(21)19-13-17(10-11-22(19)29)27-25(31)20-14-23(30)28(2)24(20)16-7-6-12-26-15-16/h4-13,15,20,24H,3,14H2,1-2H3,(H,27,31). The number of carbonyl (C=O) groups is 2. The Morgan fingerprint density at radius 1 is 1.10 bits per heavy atom. The van der Waals surface area contributed by atoms with E-state index in [9.17, 15) is 9.59 Å². The van der Waals surface area contributed by atoms with Gasteiger partial charge in [-0.1, -0.05) is 24.3 Å². The summed E-state index contributed by atoms with van der Waals surface area (Å²) in [5.74, 6) is -0.644. The van der Waals surface area contributed by atoms with E-state index in [1.54, 1.807) is 24.3 Å². The second-order valence-corrected chi connectivity index (χ2v) is 8.03. The van der Waals surface area contributed by atoms with E-state index >= 15 is 0 Å². The van der Waals surface area contributed by atoms with Crippen LogP contribution in [0, 0.1) is 5.92 Å². The van der Waals surface area contributed by atoms with Gasteiger partial charge < -0.3 is 14.8 Å². The van der Waals surface area contributed by atoms with Crippen LogP contribution in [-0.2, 0) is 16.1 Å². The Morgan fingerprint density at radius 3 is 2.68 bits per heavy atom. The summed E-state index contributed by atoms with van der Waals surface area (Å²) in [6, 6.07) is 17.8. The first-order valence-corrected chi connectivity index (χ1v) is 10.6. The number of nitrogens with one attached hydrogen (secondary N) is 1. The number of aromatic nitrogens is 2. The molecule has 1 aliphatic rings. The highest BCUT2D eigenvalue weighted by Crippen LogP contribution is 2.38. The molecule has 4 aromatic rings. The molecular weight excluding hydrogens is 388 g/mol. The van der Waals surface area contributed by atoms with Crippen molar-refractivity contribution in [2.45, 2.75) is 25.9 Å². The minimum absolute atomic E-state index is 0.0320. The van der Waals surface area contributed by atoms with Crippen molar-refractivity contribution in [3.05, 3.63) is 72.6 Å². The molecule has 3 heterocycles. The van der Waals surface area contributed by atoms with Crippen molar-refractivity contribution >= 4 is 39.3 Å². The summed E-state index contributed by atoms with van der Waals surface area (Å²) >= 11 is 0. The van der Waals surface area contributed by atoms with Crippen LogP contribution >= 0.6 is 0 Å². The lowest BCUT2D eigenvalue weighted by molar-refractivity contribution is -0.127. The Hall–Kier alpha value is -3.67. The maximum Gasteiger partial charge on any atom is 0.230 e. The zero-order valence-electron chi connectivity index (χ0n) is 17.6. The molecule has 0 aliphatic carbocycles. The van der Waals surface area contributed by atoms with Gasteiger partial charge in [0, 0.05) is 59.9 Å². The van der Waals surface area contributed by atoms with E-state index in [0.717, 1.165) is 28.7 Å². The average Bonchev–Trinajstić information content (AvgIpc) is 3.28. The lowest BCUT2D eigenvalue weighted by atomic mass is 9.94. The number of aryl methyl sites for hydroxylation is 1. The highest BCUT2D eigenvalue weighted by atomic mass is 16.2. The quantitative estimate of drug-likeness (QED) is 0.541. The molecule has 156 valence electrons. The van der Waals surface area contributed by atoms with Gasteiger partial charge in [-0.3, -0.25) is 14.6 Å². The van der Waals surface area contributed by atoms with Gasteiger partial charge in [0.15, 0.2) is 0 Å². The number of rotatable bonds is 4. The van der Waals surface area contributed by atoms with Gasteiger partial charge in [-0.05, 0) is 42.8 Å². The van der Waals surface area contributed by atoms with Gasteiger partial charge in [0.05, 0.1) is 12.0 Å². The largest absolute Gasteiger partial charge is 0.341 e. The Balaban J connectivity index is 1.48. The van der Waals surface area contributed by atoms with E-state index in [0.29, 0.717) is 0 Å². The number of hydrogen-bond donors (Lipinski definition) is 1. The smallest absolute Gasteiger partial charge is 0.230 e. The summed E-state index contributed by atoms with van der Waals surface area (Å²) in [6.07, 6.45) is 3.61. The maximum atomic E-state index is 13.2. The number of para-hydroxylation sites is 1. The van der Waals surface area contributed by atoms with Crippen molar-refractivity contribution in [3.63, 3.8) is 0 Å². The zero-order chi connectivity index (χ0) is 21.5. The lowest BCUT2D eigenvalue weighted by Gasteiger charge is -2.24. The summed E-state index contributed by atoms with van der Waals surface area (Å²) in [6.45, 7) is 3.01. The van der Waals surface area contributed by atoms with Gasteiger partial charge >= 0.3 is 0 Å². The minimum Gasteiger partial charge on any atom is -0.341 e. The fourth-order valence-electron chi connectivity index (χ4n) is 4.82. The van der Waals surface area contributed by atoms with E-state index in [4.69, 9.17) is 0 Å². The third-order valence-electron chi connectivity index (χ3n) is 6.31. The topological polar surface area (TPSA) is 67.2 Å². The molecule has 0 spiro atoms. The number of nitrogens with zero attached hydrogens (tertiary/aromatic N) is 3. The number of anilines is 1. The molecular formula is C25H24N4O2. The van der Waals surface area contributed by atoms with Crippen molar-refractivity contribution in [1.82, 2.24) is 14.5 Å². The van der Waals surface area contributed by atoms with Crippen LogP contribution in [0.1, 0.15) is 24.9 Å². The zero-order valence-corrected chi connectivity index (χ0v) is 17.6. The van der Waals surface area contributed by atoms with Gasteiger partial charge in [0.1, 0.15) is 0 Å². The van der Waals surface area contributed by atoms with Crippen LogP contribution in [0.2, 0.25) is 0 Å². The van der Waals surface area contributed by atoms with E-state index < -0.39 is 5.92 Å². The van der Waals surface area contributed by atoms with E-state index in [-0.39, 0.29) is 24.3 Å². The van der Waals surface area contributed by atoms with Gasteiger partial charge in [-0.15, -0.1) is 0 Å². The monoisotopic (exact) mass is 412 g/mol. The van der Waals surface area contributed by atoms with Crippen molar-refractivity contribution in [1.29, 1.82) is 0 Å². The second-order valence-electron chi connectivity index (χ2n) is 8.03. The van der Waals surface area contributed by atoms with Gasteiger partial charge in [0.25, 0.3) is 0 Å². The maximum absolute atomic E-state index is 13.2. The number of carbonyl (C=O) groups excluding carboxylic acids is 2. The van der Waals surface area contributed by atoms with Crippen molar-refractivity contribution < 1.29 is 9.59 Å². The molecule has 1 N–H and O–H groups in total. The molecule has 0 saturated carbocycles. The first-order valence-electron chi connectivity index (χ1n) is 10.6. The summed E-state index contributed by atoms with van der Waals surface area (Å²) in [5, 5.41) is 5.34. The molecule has 0 radical (unpaired) electrons. The first-order chi connectivity index (χ1) is 15.1. The van der Waals surface area contributed by atoms with E-state index in [2.05, 4.69) is 40.0 Å². The second kappa shape index (κ2) is 7.54. The van der Waals surface area contributed by atoms with Gasteiger partial charge in [-0.2, -0.15) is 0 Å². The first kappa shape index (κ1) is 19.3. The highest BCUT2D eigenvalue weighted by molar-refractivity contribution is 6.10. The summed E-state index contributed by atoms with van der Waals surface area (Å²) < 4.78 is 2.28. The molecule has 31 heavy (non-hydrogen) atoms. The Bertz CT molecular complexity index is 1300.